The number of rotatable bonds is 5. The van der Waals surface area contributed by atoms with Gasteiger partial charge in [0, 0.05) is 12.7 Å². The molecule has 21 heavy (non-hydrogen) atoms. The first-order chi connectivity index (χ1) is 9.90. The van der Waals surface area contributed by atoms with Crippen LogP contribution in [0.4, 0.5) is 10.5 Å². The first-order valence-electron chi connectivity index (χ1n) is 6.67. The van der Waals surface area contributed by atoms with E-state index in [4.69, 9.17) is 5.26 Å². The lowest BCUT2D eigenvalue weighted by Crippen LogP contribution is -2.49. The first-order valence-corrected chi connectivity index (χ1v) is 6.67. The number of nitrogens with one attached hydrogen (secondary N) is 1. The normalized spacial score (nSPS) is 12.9. The van der Waals surface area contributed by atoms with Crippen LogP contribution in [-0.2, 0) is 4.79 Å². The van der Waals surface area contributed by atoms with Gasteiger partial charge in [-0.3, -0.25) is 4.90 Å². The maximum Gasteiger partial charge on any atom is 0.326 e. The highest BCUT2D eigenvalue weighted by Gasteiger charge is 2.26. The SMILES string of the molecule is CCC(C)C(NC(=O)N(C)c1cccc(C#N)c1)C(=O)O. The van der Waals surface area contributed by atoms with E-state index in [9.17, 15) is 14.7 Å². The second kappa shape index (κ2) is 7.29. The van der Waals surface area contributed by atoms with Gasteiger partial charge in [-0.2, -0.15) is 5.26 Å². The second-order valence-electron chi connectivity index (χ2n) is 4.87. The summed E-state index contributed by atoms with van der Waals surface area (Å²) < 4.78 is 0. The number of benzene rings is 1. The average molecular weight is 289 g/mol. The van der Waals surface area contributed by atoms with Gasteiger partial charge in [-0.05, 0) is 24.1 Å². The van der Waals surface area contributed by atoms with Crippen LogP contribution in [0.3, 0.4) is 0 Å². The Bertz CT molecular complexity index is 566. The molecule has 0 aliphatic heterocycles. The Labute approximate surface area is 124 Å². The topological polar surface area (TPSA) is 93.4 Å². The van der Waals surface area contributed by atoms with Crippen LogP contribution in [-0.4, -0.2) is 30.2 Å². The predicted octanol–water partition coefficient (Wildman–Crippen LogP) is 2.20. The number of nitriles is 1. The fraction of sp³-hybridized carbons (Fsp3) is 0.400. The lowest BCUT2D eigenvalue weighted by Gasteiger charge is -2.24. The van der Waals surface area contributed by atoms with E-state index in [1.54, 1.807) is 31.2 Å². The van der Waals surface area contributed by atoms with E-state index in [1.807, 2.05) is 13.0 Å². The van der Waals surface area contributed by atoms with Gasteiger partial charge in [0.2, 0.25) is 0 Å². The minimum absolute atomic E-state index is 0.176. The van der Waals surface area contributed by atoms with Gasteiger partial charge in [0.15, 0.2) is 0 Å². The number of carbonyl (C=O) groups is 2. The average Bonchev–Trinajstić information content (AvgIpc) is 2.50. The lowest BCUT2D eigenvalue weighted by atomic mass is 9.99. The Hall–Kier alpha value is -2.55. The maximum atomic E-state index is 12.1. The van der Waals surface area contributed by atoms with Gasteiger partial charge in [0.1, 0.15) is 6.04 Å². The van der Waals surface area contributed by atoms with Crippen LogP contribution in [0, 0.1) is 17.2 Å². The molecule has 112 valence electrons. The number of hydrogen-bond donors (Lipinski definition) is 2. The number of hydrogen-bond acceptors (Lipinski definition) is 3. The van der Waals surface area contributed by atoms with Crippen molar-refractivity contribution >= 4 is 17.7 Å². The zero-order chi connectivity index (χ0) is 16.0. The van der Waals surface area contributed by atoms with Gasteiger partial charge in [-0.1, -0.05) is 26.3 Å². The molecule has 0 aliphatic rings. The Morgan fingerprint density at radius 1 is 1.48 bits per heavy atom. The van der Waals surface area contributed by atoms with E-state index in [-0.39, 0.29) is 5.92 Å². The molecule has 0 aromatic heterocycles. The number of carbonyl (C=O) groups excluding carboxylic acids is 1. The zero-order valence-corrected chi connectivity index (χ0v) is 12.3. The van der Waals surface area contributed by atoms with Crippen molar-refractivity contribution in [1.82, 2.24) is 5.32 Å². The van der Waals surface area contributed by atoms with Crippen molar-refractivity contribution in [3.8, 4) is 6.07 Å². The highest BCUT2D eigenvalue weighted by Crippen LogP contribution is 2.15. The Kier molecular flexibility index (Phi) is 5.73. The molecule has 2 N–H and O–H groups in total. The number of nitrogens with zero attached hydrogens (tertiary/aromatic N) is 2. The van der Waals surface area contributed by atoms with Gasteiger partial charge < -0.3 is 10.4 Å². The van der Waals surface area contributed by atoms with E-state index in [0.717, 1.165) is 0 Å². The van der Waals surface area contributed by atoms with E-state index in [1.165, 1.54) is 11.9 Å². The van der Waals surface area contributed by atoms with Crippen molar-refractivity contribution in [2.45, 2.75) is 26.3 Å². The maximum absolute atomic E-state index is 12.1. The molecule has 0 fully saturated rings. The molecule has 1 aromatic rings. The summed E-state index contributed by atoms with van der Waals surface area (Å²) in [5, 5.41) is 20.5. The summed E-state index contributed by atoms with van der Waals surface area (Å²) in [6, 6.07) is 7.09. The third-order valence-electron chi connectivity index (χ3n) is 3.43. The molecule has 0 spiro atoms. The van der Waals surface area contributed by atoms with Gasteiger partial charge in [0.05, 0.1) is 11.6 Å². The lowest BCUT2D eigenvalue weighted by molar-refractivity contribution is -0.140. The predicted molar refractivity (Wildman–Crippen MR) is 79.0 cm³/mol. The minimum Gasteiger partial charge on any atom is -0.480 e. The third kappa shape index (κ3) is 4.21. The number of aliphatic carboxylic acids is 1. The molecule has 0 bridgehead atoms. The van der Waals surface area contributed by atoms with Crippen molar-refractivity contribution in [2.75, 3.05) is 11.9 Å². The minimum atomic E-state index is -1.06. The molecular formula is C15H19N3O3. The standard InChI is InChI=1S/C15H19N3O3/c1-4-10(2)13(14(19)20)17-15(21)18(3)12-7-5-6-11(8-12)9-16/h5-8,10,13H,4H2,1-3H3,(H,17,21)(H,19,20). The van der Waals surface area contributed by atoms with Crippen molar-refractivity contribution in [3.05, 3.63) is 29.8 Å². The van der Waals surface area contributed by atoms with Crippen molar-refractivity contribution in [3.63, 3.8) is 0 Å². The highest BCUT2D eigenvalue weighted by molar-refractivity contribution is 5.94. The molecule has 0 radical (unpaired) electrons. The van der Waals surface area contributed by atoms with Crippen LogP contribution in [0.2, 0.25) is 0 Å². The van der Waals surface area contributed by atoms with Gasteiger partial charge >= 0.3 is 12.0 Å². The number of urea groups is 1. The molecule has 2 amide bonds. The Morgan fingerprint density at radius 3 is 2.67 bits per heavy atom. The summed E-state index contributed by atoms with van der Waals surface area (Å²) in [5.74, 6) is -1.23. The van der Waals surface area contributed by atoms with Crippen LogP contribution in [0.15, 0.2) is 24.3 Å². The summed E-state index contributed by atoms with van der Waals surface area (Å²) >= 11 is 0. The largest absolute Gasteiger partial charge is 0.480 e. The zero-order valence-electron chi connectivity index (χ0n) is 12.3. The van der Waals surface area contributed by atoms with Crippen molar-refractivity contribution in [1.29, 1.82) is 5.26 Å². The summed E-state index contributed by atoms with van der Waals surface area (Å²) in [6.45, 7) is 3.64. The summed E-state index contributed by atoms with van der Waals surface area (Å²) in [6.07, 6.45) is 0.644. The van der Waals surface area contributed by atoms with Crippen molar-refractivity contribution in [2.24, 2.45) is 5.92 Å². The molecule has 0 saturated heterocycles. The molecule has 6 heteroatoms. The van der Waals surface area contributed by atoms with Crippen molar-refractivity contribution < 1.29 is 14.7 Å². The van der Waals surface area contributed by atoms with Crippen LogP contribution in [0.25, 0.3) is 0 Å². The van der Waals surface area contributed by atoms with Crippen LogP contribution in [0.5, 0.6) is 0 Å². The Balaban J connectivity index is 2.86. The van der Waals surface area contributed by atoms with Crippen LogP contribution in [0.1, 0.15) is 25.8 Å². The molecule has 6 nitrogen and oxygen atoms in total. The molecule has 0 heterocycles. The Morgan fingerprint density at radius 2 is 2.14 bits per heavy atom. The van der Waals surface area contributed by atoms with E-state index in [0.29, 0.717) is 17.7 Å². The summed E-state index contributed by atoms with van der Waals surface area (Å²) in [7, 11) is 1.53. The smallest absolute Gasteiger partial charge is 0.326 e. The van der Waals surface area contributed by atoms with E-state index >= 15 is 0 Å². The molecule has 0 saturated carbocycles. The van der Waals surface area contributed by atoms with Gasteiger partial charge in [-0.15, -0.1) is 0 Å². The molecule has 1 aromatic carbocycles. The molecule has 2 unspecified atom stereocenters. The fourth-order valence-electron chi connectivity index (χ4n) is 1.81. The first kappa shape index (κ1) is 16.5. The molecule has 1 rings (SSSR count). The van der Waals surface area contributed by atoms with Gasteiger partial charge in [-0.25, -0.2) is 9.59 Å². The number of carboxylic acids is 1. The third-order valence-corrected chi connectivity index (χ3v) is 3.43. The number of anilines is 1. The number of carboxylic acid groups (broad SMARTS) is 1. The molecule has 2 atom stereocenters. The fourth-order valence-corrected chi connectivity index (χ4v) is 1.81. The van der Waals surface area contributed by atoms with Gasteiger partial charge in [0.25, 0.3) is 0 Å². The summed E-state index contributed by atoms with van der Waals surface area (Å²) in [5.41, 5.74) is 0.962. The summed E-state index contributed by atoms with van der Waals surface area (Å²) in [4.78, 5) is 24.7. The highest BCUT2D eigenvalue weighted by atomic mass is 16.4. The number of amides is 2. The van der Waals surface area contributed by atoms with E-state index in [2.05, 4.69) is 5.32 Å². The second-order valence-corrected chi connectivity index (χ2v) is 4.87. The molecular weight excluding hydrogens is 270 g/mol. The molecule has 0 aliphatic carbocycles. The quantitative estimate of drug-likeness (QED) is 0.869. The monoisotopic (exact) mass is 289 g/mol. The van der Waals surface area contributed by atoms with Crippen LogP contribution >= 0.6 is 0 Å². The van der Waals surface area contributed by atoms with E-state index < -0.39 is 18.0 Å². The van der Waals surface area contributed by atoms with Crippen LogP contribution < -0.4 is 10.2 Å².